The molecule has 4 aromatic carbocycles. The molecule has 0 N–H and O–H groups in total. The van der Waals surface area contributed by atoms with E-state index in [-0.39, 0.29) is 0 Å². The molecule has 0 saturated carbocycles. The van der Waals surface area contributed by atoms with Crippen molar-refractivity contribution >= 4 is 13.1 Å². The van der Waals surface area contributed by atoms with Crippen molar-refractivity contribution in [3.63, 3.8) is 0 Å². The molecule has 2 heterocycles. The average molecular weight is 516 g/mol. The molecule has 0 aliphatic carbocycles. The highest BCUT2D eigenvalue weighted by molar-refractivity contribution is 7.55. The third-order valence-corrected chi connectivity index (χ3v) is 8.59. The Kier molecular flexibility index (Phi) is 6.56. The summed E-state index contributed by atoms with van der Waals surface area (Å²) in [6.45, 7) is 0. The summed E-state index contributed by atoms with van der Waals surface area (Å²) in [5.74, 6) is 0.971. The summed E-state index contributed by atoms with van der Waals surface area (Å²) in [7, 11) is -3.91. The molecule has 0 spiro atoms. The quantitative estimate of drug-likeness (QED) is 0.190. The van der Waals surface area contributed by atoms with Gasteiger partial charge in [0.2, 0.25) is 0 Å². The molecular weight excluding hydrogens is 489 g/mol. The van der Waals surface area contributed by atoms with Crippen LogP contribution in [0.25, 0.3) is 16.8 Å². The Balaban J connectivity index is 1.60. The number of fused-ring (bicyclic) bond motifs is 1. The summed E-state index contributed by atoms with van der Waals surface area (Å²) in [5, 5.41) is 0. The first-order valence-electron chi connectivity index (χ1n) is 12.5. The lowest BCUT2D eigenvalue weighted by Crippen LogP contribution is -2.12. The van der Waals surface area contributed by atoms with Gasteiger partial charge in [0.25, 0.3) is 0 Å². The maximum atomic E-state index is 15.2. The number of para-hydroxylation sites is 2. The number of pyridine rings is 1. The summed E-state index contributed by atoms with van der Waals surface area (Å²) >= 11 is 0. The first-order chi connectivity index (χ1) is 18.7. The van der Waals surface area contributed by atoms with Crippen molar-refractivity contribution in [3.8, 4) is 22.8 Å². The van der Waals surface area contributed by atoms with Crippen LogP contribution >= 0.6 is 7.60 Å². The number of rotatable bonds is 8. The molecule has 2 aromatic heterocycles. The van der Waals surface area contributed by atoms with Gasteiger partial charge in [-0.05, 0) is 53.6 Å². The van der Waals surface area contributed by atoms with Crippen molar-refractivity contribution in [3.05, 3.63) is 163 Å². The van der Waals surface area contributed by atoms with Crippen LogP contribution in [0.5, 0.6) is 11.5 Å². The van der Waals surface area contributed by atoms with Crippen LogP contribution in [0.3, 0.4) is 0 Å². The van der Waals surface area contributed by atoms with E-state index in [4.69, 9.17) is 9.05 Å². The lowest BCUT2D eigenvalue weighted by atomic mass is 10.0. The molecule has 186 valence electrons. The van der Waals surface area contributed by atoms with Gasteiger partial charge in [-0.1, -0.05) is 103 Å². The summed E-state index contributed by atoms with van der Waals surface area (Å²) in [4.78, 5) is 0. The Bertz CT molecular complexity index is 1640. The summed E-state index contributed by atoms with van der Waals surface area (Å²) in [5.41, 5.74) is 4.02. The maximum absolute atomic E-state index is 15.2. The topological polar surface area (TPSA) is 39.9 Å². The number of nitrogens with zero attached hydrogens (tertiary/aromatic N) is 1. The molecule has 1 unspecified atom stereocenters. The van der Waals surface area contributed by atoms with Crippen molar-refractivity contribution < 1.29 is 13.6 Å². The summed E-state index contributed by atoms with van der Waals surface area (Å²) < 4.78 is 30.1. The zero-order valence-electron chi connectivity index (χ0n) is 20.6. The van der Waals surface area contributed by atoms with E-state index >= 15 is 4.57 Å². The van der Waals surface area contributed by atoms with E-state index in [0.29, 0.717) is 11.5 Å². The van der Waals surface area contributed by atoms with Crippen molar-refractivity contribution in [1.29, 1.82) is 0 Å². The van der Waals surface area contributed by atoms with Gasteiger partial charge in [0.1, 0.15) is 17.2 Å². The van der Waals surface area contributed by atoms with E-state index in [1.165, 1.54) is 0 Å². The van der Waals surface area contributed by atoms with E-state index in [1.54, 1.807) is 24.3 Å². The standard InChI is InChI=1S/C33H26NO3P/c35-38(36-28-19-9-3-10-20-28,37-29-21-11-4-12-22-29)33(27-17-7-2-8-18-27)30-25-32(26-15-5-1-6-16-26)34-24-14-13-23-31(30)34/h1-25,33H. The van der Waals surface area contributed by atoms with Crippen molar-refractivity contribution in [2.75, 3.05) is 0 Å². The molecule has 0 saturated heterocycles. The highest BCUT2D eigenvalue weighted by Crippen LogP contribution is 2.63. The lowest BCUT2D eigenvalue weighted by molar-refractivity contribution is 0.378. The summed E-state index contributed by atoms with van der Waals surface area (Å²) in [6, 6.07) is 46.6. The van der Waals surface area contributed by atoms with E-state index < -0.39 is 13.3 Å². The van der Waals surface area contributed by atoms with E-state index in [2.05, 4.69) is 22.6 Å². The molecule has 0 bridgehead atoms. The van der Waals surface area contributed by atoms with Crippen LogP contribution in [0, 0.1) is 0 Å². The number of aromatic nitrogens is 1. The van der Waals surface area contributed by atoms with Gasteiger partial charge in [-0.25, -0.2) is 4.57 Å². The molecule has 0 aliphatic rings. The minimum absolute atomic E-state index is 0.486. The highest BCUT2D eigenvalue weighted by Gasteiger charge is 2.43. The minimum atomic E-state index is -3.91. The van der Waals surface area contributed by atoms with E-state index in [9.17, 15) is 0 Å². The van der Waals surface area contributed by atoms with Gasteiger partial charge >= 0.3 is 7.60 Å². The average Bonchev–Trinajstić information content (AvgIpc) is 3.34. The zero-order chi connectivity index (χ0) is 25.8. The molecule has 1 atom stereocenters. The second-order valence-electron chi connectivity index (χ2n) is 8.97. The lowest BCUT2D eigenvalue weighted by Gasteiger charge is -2.28. The van der Waals surface area contributed by atoms with Crippen LogP contribution in [-0.2, 0) is 4.57 Å². The molecule has 6 aromatic rings. The van der Waals surface area contributed by atoms with Gasteiger partial charge < -0.3 is 13.4 Å². The van der Waals surface area contributed by atoms with Crippen LogP contribution in [0.4, 0.5) is 0 Å². The number of benzene rings is 4. The molecule has 5 heteroatoms. The Hall–Kier alpha value is -4.53. The second-order valence-corrected chi connectivity index (χ2v) is 10.9. The number of hydrogen-bond donors (Lipinski definition) is 0. The van der Waals surface area contributed by atoms with E-state index in [0.717, 1.165) is 27.9 Å². The monoisotopic (exact) mass is 515 g/mol. The Morgan fingerprint density at radius 3 is 1.66 bits per heavy atom. The van der Waals surface area contributed by atoms with Crippen LogP contribution in [0.15, 0.2) is 152 Å². The molecule has 4 nitrogen and oxygen atoms in total. The van der Waals surface area contributed by atoms with Gasteiger partial charge in [0.05, 0.1) is 11.2 Å². The highest BCUT2D eigenvalue weighted by atomic mass is 31.2. The minimum Gasteiger partial charge on any atom is -0.415 e. The SMILES string of the molecule is O=P(Oc1ccccc1)(Oc1ccccc1)C(c1ccccc1)c1cc(-c2ccccc2)n2ccccc12. The van der Waals surface area contributed by atoms with Gasteiger partial charge in [-0.2, -0.15) is 0 Å². The molecule has 38 heavy (non-hydrogen) atoms. The van der Waals surface area contributed by atoms with Crippen molar-refractivity contribution in [2.24, 2.45) is 0 Å². The third-order valence-electron chi connectivity index (χ3n) is 6.45. The van der Waals surface area contributed by atoms with Crippen LogP contribution < -0.4 is 9.05 Å². The van der Waals surface area contributed by atoms with Gasteiger partial charge in [-0.15, -0.1) is 0 Å². The predicted octanol–water partition coefficient (Wildman–Crippen LogP) is 9.05. The van der Waals surface area contributed by atoms with Gasteiger partial charge in [0.15, 0.2) is 0 Å². The fourth-order valence-corrected chi connectivity index (χ4v) is 6.94. The predicted molar refractivity (Wildman–Crippen MR) is 153 cm³/mol. The molecule has 0 radical (unpaired) electrons. The smallest absolute Gasteiger partial charge is 0.415 e. The fraction of sp³-hybridized carbons (Fsp3) is 0.0303. The molecule has 0 aliphatic heterocycles. The Labute approximate surface area is 222 Å². The van der Waals surface area contributed by atoms with Crippen molar-refractivity contribution in [1.82, 2.24) is 4.40 Å². The van der Waals surface area contributed by atoms with Crippen LogP contribution in [0.1, 0.15) is 16.8 Å². The first-order valence-corrected chi connectivity index (χ1v) is 14.1. The molecule has 6 rings (SSSR count). The first kappa shape index (κ1) is 23.8. The fourth-order valence-electron chi connectivity index (χ4n) is 4.78. The van der Waals surface area contributed by atoms with Crippen molar-refractivity contribution in [2.45, 2.75) is 5.66 Å². The molecular formula is C33H26NO3P. The van der Waals surface area contributed by atoms with Crippen LogP contribution in [-0.4, -0.2) is 4.40 Å². The zero-order valence-corrected chi connectivity index (χ0v) is 21.5. The van der Waals surface area contributed by atoms with Gasteiger partial charge in [0, 0.05) is 11.8 Å². The van der Waals surface area contributed by atoms with E-state index in [1.807, 2.05) is 109 Å². The Morgan fingerprint density at radius 2 is 1.08 bits per heavy atom. The third kappa shape index (κ3) is 4.74. The van der Waals surface area contributed by atoms with Gasteiger partial charge in [-0.3, -0.25) is 0 Å². The maximum Gasteiger partial charge on any atom is 0.442 e. The normalized spacial score (nSPS) is 12.2. The molecule has 0 fully saturated rings. The van der Waals surface area contributed by atoms with Crippen LogP contribution in [0.2, 0.25) is 0 Å². The summed E-state index contributed by atoms with van der Waals surface area (Å²) in [6.07, 6.45) is 2.03. The number of hydrogen-bond acceptors (Lipinski definition) is 3. The largest absolute Gasteiger partial charge is 0.442 e. The molecule has 0 amide bonds. The second kappa shape index (κ2) is 10.5. The Morgan fingerprint density at radius 1 is 0.579 bits per heavy atom.